The van der Waals surface area contributed by atoms with Crippen molar-refractivity contribution in [2.75, 3.05) is 26.8 Å². The Morgan fingerprint density at radius 3 is 2.61 bits per heavy atom. The molecule has 0 saturated heterocycles. The van der Waals surface area contributed by atoms with Gasteiger partial charge in [-0.1, -0.05) is 0 Å². The molecule has 6 nitrogen and oxygen atoms in total. The van der Waals surface area contributed by atoms with Crippen LogP contribution >= 0.6 is 0 Å². The molecule has 100 valence electrons. The van der Waals surface area contributed by atoms with Crippen LogP contribution in [0.4, 0.5) is 5.69 Å². The summed E-state index contributed by atoms with van der Waals surface area (Å²) in [6.07, 6.45) is 0.171. The molecular formula is C12H18N2O4. The van der Waals surface area contributed by atoms with Crippen molar-refractivity contribution in [3.05, 3.63) is 34.4 Å². The Morgan fingerprint density at radius 1 is 1.39 bits per heavy atom. The van der Waals surface area contributed by atoms with Crippen molar-refractivity contribution in [2.45, 2.75) is 13.0 Å². The van der Waals surface area contributed by atoms with Crippen molar-refractivity contribution in [2.24, 2.45) is 0 Å². The van der Waals surface area contributed by atoms with Crippen molar-refractivity contribution in [1.29, 1.82) is 0 Å². The maximum absolute atomic E-state index is 10.4. The number of benzene rings is 1. The fraction of sp³-hybridized carbons (Fsp3) is 0.500. The van der Waals surface area contributed by atoms with Gasteiger partial charge in [0.1, 0.15) is 12.4 Å². The molecule has 0 spiro atoms. The molecule has 0 saturated carbocycles. The Balaban J connectivity index is 2.21. The van der Waals surface area contributed by atoms with Gasteiger partial charge in [-0.05, 0) is 19.1 Å². The zero-order valence-electron chi connectivity index (χ0n) is 10.6. The Kier molecular flexibility index (Phi) is 6.10. The van der Waals surface area contributed by atoms with E-state index in [-0.39, 0.29) is 11.8 Å². The maximum atomic E-state index is 10.4. The highest BCUT2D eigenvalue weighted by Crippen LogP contribution is 2.16. The zero-order chi connectivity index (χ0) is 13.4. The Bertz CT molecular complexity index is 367. The van der Waals surface area contributed by atoms with Crippen LogP contribution in [0.25, 0.3) is 0 Å². The highest BCUT2D eigenvalue weighted by Gasteiger charge is 2.04. The number of non-ortho nitro benzene ring substituents is 1. The summed E-state index contributed by atoms with van der Waals surface area (Å²) in [5, 5.41) is 13.6. The van der Waals surface area contributed by atoms with Gasteiger partial charge in [-0.25, -0.2) is 0 Å². The molecule has 0 radical (unpaired) electrons. The number of rotatable bonds is 8. The number of nitro benzene ring substituents is 1. The first-order chi connectivity index (χ1) is 8.63. The van der Waals surface area contributed by atoms with Crippen LogP contribution in [0, 0.1) is 10.1 Å². The van der Waals surface area contributed by atoms with E-state index in [4.69, 9.17) is 9.47 Å². The number of methoxy groups -OCH3 is 1. The van der Waals surface area contributed by atoms with Crippen molar-refractivity contribution in [3.8, 4) is 5.75 Å². The highest BCUT2D eigenvalue weighted by atomic mass is 16.6. The Morgan fingerprint density at radius 2 is 2.06 bits per heavy atom. The van der Waals surface area contributed by atoms with Crippen LogP contribution in [0.3, 0.4) is 0 Å². The number of ether oxygens (including phenoxy) is 2. The summed E-state index contributed by atoms with van der Waals surface area (Å²) in [7, 11) is 1.67. The quantitative estimate of drug-likeness (QED) is 0.433. The van der Waals surface area contributed by atoms with Crippen molar-refractivity contribution >= 4 is 5.69 Å². The molecular weight excluding hydrogens is 236 g/mol. The molecule has 18 heavy (non-hydrogen) atoms. The molecule has 1 unspecified atom stereocenters. The molecule has 1 N–H and O–H groups in total. The number of nitro groups is 1. The summed E-state index contributed by atoms with van der Waals surface area (Å²) in [4.78, 5) is 10.0. The SMILES string of the molecule is COC(C)CNCCOc1ccc([N+](=O)[O-])cc1. The molecule has 0 heterocycles. The number of nitrogens with zero attached hydrogens (tertiary/aromatic N) is 1. The largest absolute Gasteiger partial charge is 0.492 e. The first-order valence-electron chi connectivity index (χ1n) is 5.74. The molecule has 1 aromatic rings. The van der Waals surface area contributed by atoms with E-state index in [0.29, 0.717) is 18.9 Å². The van der Waals surface area contributed by atoms with E-state index in [9.17, 15) is 10.1 Å². The van der Waals surface area contributed by atoms with Gasteiger partial charge in [0.2, 0.25) is 0 Å². The lowest BCUT2D eigenvalue weighted by molar-refractivity contribution is -0.384. The highest BCUT2D eigenvalue weighted by molar-refractivity contribution is 5.35. The van der Waals surface area contributed by atoms with Gasteiger partial charge in [0.05, 0.1) is 11.0 Å². The van der Waals surface area contributed by atoms with E-state index in [1.165, 1.54) is 12.1 Å². The van der Waals surface area contributed by atoms with Crippen LogP contribution < -0.4 is 10.1 Å². The zero-order valence-corrected chi connectivity index (χ0v) is 10.6. The van der Waals surface area contributed by atoms with Crippen LogP contribution in [0.5, 0.6) is 5.75 Å². The van der Waals surface area contributed by atoms with Crippen molar-refractivity contribution in [3.63, 3.8) is 0 Å². The molecule has 0 aliphatic heterocycles. The Labute approximate surface area is 106 Å². The fourth-order valence-electron chi connectivity index (χ4n) is 1.29. The van der Waals surface area contributed by atoms with Crippen LogP contribution in [0.2, 0.25) is 0 Å². The minimum atomic E-state index is -0.433. The minimum absolute atomic E-state index is 0.0643. The summed E-state index contributed by atoms with van der Waals surface area (Å²) >= 11 is 0. The van der Waals surface area contributed by atoms with Gasteiger partial charge in [0, 0.05) is 32.3 Å². The normalized spacial score (nSPS) is 12.1. The fourth-order valence-corrected chi connectivity index (χ4v) is 1.29. The lowest BCUT2D eigenvalue weighted by Crippen LogP contribution is -2.29. The number of nitrogens with one attached hydrogen (secondary N) is 1. The van der Waals surface area contributed by atoms with Gasteiger partial charge in [-0.2, -0.15) is 0 Å². The standard InChI is InChI=1S/C12H18N2O4/c1-10(17-2)9-13-7-8-18-12-5-3-11(4-6-12)14(15)16/h3-6,10,13H,7-9H2,1-2H3. The van der Waals surface area contributed by atoms with E-state index in [0.717, 1.165) is 6.54 Å². The molecule has 0 aliphatic carbocycles. The third kappa shape index (κ3) is 5.11. The summed E-state index contributed by atoms with van der Waals surface area (Å²) in [6.45, 7) is 3.95. The smallest absolute Gasteiger partial charge is 0.269 e. The average Bonchev–Trinajstić information content (AvgIpc) is 2.38. The summed E-state index contributed by atoms with van der Waals surface area (Å²) in [6, 6.07) is 6.04. The molecule has 0 aliphatic rings. The monoisotopic (exact) mass is 254 g/mol. The molecule has 1 atom stereocenters. The second-order valence-electron chi connectivity index (χ2n) is 3.85. The minimum Gasteiger partial charge on any atom is -0.492 e. The van der Waals surface area contributed by atoms with Crippen molar-refractivity contribution < 1.29 is 14.4 Å². The molecule has 0 fully saturated rings. The molecule has 0 aromatic heterocycles. The third-order valence-corrected chi connectivity index (χ3v) is 2.43. The average molecular weight is 254 g/mol. The van der Waals surface area contributed by atoms with E-state index < -0.39 is 4.92 Å². The number of hydrogen-bond donors (Lipinski definition) is 1. The molecule has 0 bridgehead atoms. The van der Waals surface area contributed by atoms with Gasteiger partial charge < -0.3 is 14.8 Å². The molecule has 1 rings (SSSR count). The second-order valence-corrected chi connectivity index (χ2v) is 3.85. The van der Waals surface area contributed by atoms with E-state index >= 15 is 0 Å². The molecule has 1 aromatic carbocycles. The van der Waals surface area contributed by atoms with E-state index in [2.05, 4.69) is 5.32 Å². The summed E-state index contributed by atoms with van der Waals surface area (Å²) in [5.41, 5.74) is 0.0643. The Hall–Kier alpha value is -1.66. The van der Waals surface area contributed by atoms with Gasteiger partial charge in [-0.15, -0.1) is 0 Å². The first-order valence-corrected chi connectivity index (χ1v) is 5.74. The predicted octanol–water partition coefficient (Wildman–Crippen LogP) is 1.60. The first kappa shape index (κ1) is 14.4. The van der Waals surface area contributed by atoms with Crippen LogP contribution in [-0.2, 0) is 4.74 Å². The van der Waals surface area contributed by atoms with Gasteiger partial charge in [0.25, 0.3) is 5.69 Å². The van der Waals surface area contributed by atoms with Crippen LogP contribution in [0.1, 0.15) is 6.92 Å². The topological polar surface area (TPSA) is 73.6 Å². The predicted molar refractivity (Wildman–Crippen MR) is 67.9 cm³/mol. The maximum Gasteiger partial charge on any atom is 0.269 e. The van der Waals surface area contributed by atoms with Gasteiger partial charge >= 0.3 is 0 Å². The lowest BCUT2D eigenvalue weighted by Gasteiger charge is -2.11. The van der Waals surface area contributed by atoms with Crippen molar-refractivity contribution in [1.82, 2.24) is 5.32 Å². The molecule has 6 heteroatoms. The van der Waals surface area contributed by atoms with Crippen LogP contribution in [-0.4, -0.2) is 37.8 Å². The van der Waals surface area contributed by atoms with Crippen LogP contribution in [0.15, 0.2) is 24.3 Å². The van der Waals surface area contributed by atoms with E-state index in [1.807, 2.05) is 6.92 Å². The third-order valence-electron chi connectivity index (χ3n) is 2.43. The number of hydrogen-bond acceptors (Lipinski definition) is 5. The summed E-state index contributed by atoms with van der Waals surface area (Å²) < 4.78 is 10.5. The van der Waals surface area contributed by atoms with E-state index in [1.54, 1.807) is 19.2 Å². The lowest BCUT2D eigenvalue weighted by atomic mass is 10.3. The van der Waals surface area contributed by atoms with Gasteiger partial charge in [0.15, 0.2) is 0 Å². The van der Waals surface area contributed by atoms with Gasteiger partial charge in [-0.3, -0.25) is 10.1 Å². The summed E-state index contributed by atoms with van der Waals surface area (Å²) in [5.74, 6) is 0.627. The second kappa shape index (κ2) is 7.62. The molecule has 0 amide bonds.